The van der Waals surface area contributed by atoms with Crippen LogP contribution < -0.4 is 0 Å². The molecule has 0 saturated carbocycles. The van der Waals surface area contributed by atoms with Crippen molar-refractivity contribution in [2.45, 2.75) is 65.6 Å². The maximum absolute atomic E-state index is 6.10. The van der Waals surface area contributed by atoms with Crippen LogP contribution in [0.5, 0.6) is 0 Å². The minimum absolute atomic E-state index is 0.148. The summed E-state index contributed by atoms with van der Waals surface area (Å²) in [5.74, 6) is 0. The predicted molar refractivity (Wildman–Crippen MR) is 76.9 cm³/mol. The van der Waals surface area contributed by atoms with E-state index in [-0.39, 0.29) is 6.29 Å². The lowest BCUT2D eigenvalue weighted by atomic mass is 10.8. The van der Waals surface area contributed by atoms with Crippen molar-refractivity contribution in [3.63, 3.8) is 0 Å². The standard InChI is InChI=1S/C10H28O3Si3/c1-10(11-14(2,3)4)12-16(8,9)13-15(5,6)7/h10H,1-9H3. The zero-order chi connectivity index (χ0) is 13.2. The first-order chi connectivity index (χ1) is 6.81. The molecule has 0 saturated heterocycles. The van der Waals surface area contributed by atoms with Gasteiger partial charge in [0.05, 0.1) is 0 Å². The van der Waals surface area contributed by atoms with Crippen LogP contribution in [0.2, 0.25) is 52.4 Å². The molecule has 0 radical (unpaired) electrons. The molecule has 0 spiro atoms. The monoisotopic (exact) mass is 280 g/mol. The van der Waals surface area contributed by atoms with Gasteiger partial charge in [-0.2, -0.15) is 0 Å². The highest BCUT2D eigenvalue weighted by Gasteiger charge is 2.34. The fourth-order valence-corrected chi connectivity index (χ4v) is 9.76. The average molecular weight is 281 g/mol. The molecule has 0 bridgehead atoms. The quantitative estimate of drug-likeness (QED) is 0.548. The van der Waals surface area contributed by atoms with E-state index in [1.165, 1.54) is 0 Å². The van der Waals surface area contributed by atoms with Crippen molar-refractivity contribution in [3.8, 4) is 0 Å². The summed E-state index contributed by atoms with van der Waals surface area (Å²) in [4.78, 5) is 0. The summed E-state index contributed by atoms with van der Waals surface area (Å²) >= 11 is 0. The Labute approximate surface area is 104 Å². The molecular formula is C10H28O3Si3. The van der Waals surface area contributed by atoms with Gasteiger partial charge in [-0.25, -0.2) is 0 Å². The summed E-state index contributed by atoms with van der Waals surface area (Å²) in [6, 6.07) is 0. The Hall–Kier alpha value is 0.531. The lowest BCUT2D eigenvalue weighted by Gasteiger charge is -2.34. The molecule has 0 N–H and O–H groups in total. The van der Waals surface area contributed by atoms with Gasteiger partial charge in [-0.1, -0.05) is 0 Å². The van der Waals surface area contributed by atoms with Crippen LogP contribution in [0, 0.1) is 0 Å². The lowest BCUT2D eigenvalue weighted by molar-refractivity contribution is -0.00514. The molecular weight excluding hydrogens is 252 g/mol. The van der Waals surface area contributed by atoms with Crippen LogP contribution in [0.15, 0.2) is 0 Å². The van der Waals surface area contributed by atoms with Crippen LogP contribution in [0.4, 0.5) is 0 Å². The molecule has 3 nitrogen and oxygen atoms in total. The normalized spacial score (nSPS) is 16.3. The first-order valence-corrected chi connectivity index (χ1v) is 15.5. The fourth-order valence-electron chi connectivity index (χ4n) is 1.68. The minimum atomic E-state index is -2.04. The second-order valence-corrected chi connectivity index (χ2v) is 19.1. The molecule has 0 aliphatic carbocycles. The number of hydrogen-bond acceptors (Lipinski definition) is 3. The Bertz CT molecular complexity index is 218. The smallest absolute Gasteiger partial charge is 0.323 e. The van der Waals surface area contributed by atoms with Crippen molar-refractivity contribution in [2.24, 2.45) is 0 Å². The number of rotatable bonds is 6. The Morgan fingerprint density at radius 3 is 1.44 bits per heavy atom. The van der Waals surface area contributed by atoms with Crippen LogP contribution in [-0.4, -0.2) is 31.5 Å². The van der Waals surface area contributed by atoms with E-state index in [4.69, 9.17) is 13.0 Å². The highest BCUT2D eigenvalue weighted by molar-refractivity contribution is 6.81. The molecule has 0 rings (SSSR count). The summed E-state index contributed by atoms with van der Waals surface area (Å²) in [5, 5.41) is 0. The highest BCUT2D eigenvalue weighted by Crippen LogP contribution is 2.19. The second-order valence-electron chi connectivity index (χ2n) is 6.53. The Morgan fingerprint density at radius 1 is 0.688 bits per heavy atom. The van der Waals surface area contributed by atoms with E-state index in [0.717, 1.165) is 0 Å². The summed E-state index contributed by atoms with van der Waals surface area (Å²) in [7, 11) is -5.09. The van der Waals surface area contributed by atoms with E-state index in [1.807, 2.05) is 6.92 Å². The molecule has 0 aliphatic rings. The van der Waals surface area contributed by atoms with Gasteiger partial charge >= 0.3 is 8.56 Å². The van der Waals surface area contributed by atoms with E-state index in [0.29, 0.717) is 0 Å². The summed E-state index contributed by atoms with van der Waals surface area (Å²) in [5.41, 5.74) is 0. The van der Waals surface area contributed by atoms with E-state index in [2.05, 4.69) is 52.4 Å². The van der Waals surface area contributed by atoms with Gasteiger partial charge in [0.15, 0.2) is 16.6 Å². The molecule has 6 heteroatoms. The van der Waals surface area contributed by atoms with E-state index in [1.54, 1.807) is 0 Å². The van der Waals surface area contributed by atoms with Gasteiger partial charge in [-0.15, -0.1) is 0 Å². The molecule has 0 aliphatic heterocycles. The molecule has 1 unspecified atom stereocenters. The van der Waals surface area contributed by atoms with Gasteiger partial charge < -0.3 is 13.0 Å². The lowest BCUT2D eigenvalue weighted by Crippen LogP contribution is -2.48. The van der Waals surface area contributed by atoms with Crippen molar-refractivity contribution in [1.82, 2.24) is 0 Å². The van der Waals surface area contributed by atoms with Gasteiger partial charge in [-0.05, 0) is 59.3 Å². The SMILES string of the molecule is CC(O[Si](C)(C)C)O[Si](C)(C)O[Si](C)(C)C. The summed E-state index contributed by atoms with van der Waals surface area (Å²) in [6.07, 6.45) is -0.148. The zero-order valence-electron chi connectivity index (χ0n) is 12.3. The van der Waals surface area contributed by atoms with Gasteiger partial charge in [0.1, 0.15) is 6.29 Å². The first-order valence-electron chi connectivity index (χ1n) is 5.87. The molecule has 16 heavy (non-hydrogen) atoms. The molecule has 98 valence electrons. The third-order valence-electron chi connectivity index (χ3n) is 1.52. The molecule has 0 fully saturated rings. The molecule has 0 aromatic rings. The van der Waals surface area contributed by atoms with Gasteiger partial charge in [0.2, 0.25) is 0 Å². The zero-order valence-corrected chi connectivity index (χ0v) is 15.3. The number of hydrogen-bond donors (Lipinski definition) is 0. The largest absolute Gasteiger partial charge is 0.436 e. The van der Waals surface area contributed by atoms with E-state index >= 15 is 0 Å². The maximum atomic E-state index is 6.10. The Balaban J connectivity index is 4.26. The summed E-state index contributed by atoms with van der Waals surface area (Å²) < 4.78 is 17.9. The van der Waals surface area contributed by atoms with Crippen LogP contribution in [0.3, 0.4) is 0 Å². The predicted octanol–water partition coefficient (Wildman–Crippen LogP) is 3.75. The van der Waals surface area contributed by atoms with Gasteiger partial charge in [0, 0.05) is 0 Å². The average Bonchev–Trinajstić information content (AvgIpc) is 1.70. The van der Waals surface area contributed by atoms with Crippen LogP contribution in [-0.2, 0) is 13.0 Å². The van der Waals surface area contributed by atoms with Crippen molar-refractivity contribution in [2.75, 3.05) is 0 Å². The van der Waals surface area contributed by atoms with Gasteiger partial charge in [-0.3, -0.25) is 0 Å². The topological polar surface area (TPSA) is 27.7 Å². The minimum Gasteiger partial charge on any atom is -0.436 e. The molecule has 0 amide bonds. The Morgan fingerprint density at radius 2 is 1.12 bits per heavy atom. The van der Waals surface area contributed by atoms with Crippen LogP contribution in [0.25, 0.3) is 0 Å². The Kier molecular flexibility index (Phi) is 5.63. The van der Waals surface area contributed by atoms with E-state index in [9.17, 15) is 0 Å². The molecule has 1 atom stereocenters. The first kappa shape index (κ1) is 16.5. The molecule has 0 aromatic carbocycles. The summed E-state index contributed by atoms with van der Waals surface area (Å²) in [6.45, 7) is 19.2. The third-order valence-corrected chi connectivity index (χ3v) is 7.88. The molecule has 0 heterocycles. The van der Waals surface area contributed by atoms with Gasteiger partial charge in [0.25, 0.3) is 0 Å². The van der Waals surface area contributed by atoms with E-state index < -0.39 is 25.2 Å². The molecule has 0 aromatic heterocycles. The van der Waals surface area contributed by atoms with Crippen molar-refractivity contribution < 1.29 is 13.0 Å². The maximum Gasteiger partial charge on any atom is 0.323 e. The van der Waals surface area contributed by atoms with Crippen molar-refractivity contribution in [1.29, 1.82) is 0 Å². The van der Waals surface area contributed by atoms with Crippen LogP contribution >= 0.6 is 0 Å². The van der Waals surface area contributed by atoms with Crippen molar-refractivity contribution in [3.05, 3.63) is 0 Å². The fraction of sp³-hybridized carbons (Fsp3) is 1.00. The highest BCUT2D eigenvalue weighted by atomic mass is 28.4. The van der Waals surface area contributed by atoms with Crippen molar-refractivity contribution >= 4 is 25.2 Å². The van der Waals surface area contributed by atoms with Crippen LogP contribution in [0.1, 0.15) is 6.92 Å². The third kappa shape index (κ3) is 9.74. The second kappa shape index (κ2) is 5.45.